The summed E-state index contributed by atoms with van der Waals surface area (Å²) in [5.74, 6) is -3.01. The lowest BCUT2D eigenvalue weighted by Gasteiger charge is -2.20. The Morgan fingerprint density at radius 3 is 2.11 bits per heavy atom. The molecule has 8 heteroatoms. The van der Waals surface area contributed by atoms with Crippen LogP contribution in [-0.4, -0.2) is 43.0 Å². The molecule has 3 N–H and O–H groups in total. The van der Waals surface area contributed by atoms with Crippen molar-refractivity contribution in [3.63, 3.8) is 0 Å². The normalized spacial score (nSPS) is 14.7. The van der Waals surface area contributed by atoms with Crippen molar-refractivity contribution in [1.82, 2.24) is 0 Å². The maximum Gasteiger partial charge on any atom is 0.333 e. The molecule has 0 spiro atoms. The predicted molar refractivity (Wildman–Crippen MR) is 69.2 cm³/mol. The van der Waals surface area contributed by atoms with Gasteiger partial charge in [0, 0.05) is 11.8 Å². The van der Waals surface area contributed by atoms with E-state index in [1.807, 2.05) is 0 Å². The number of alkyl halides is 1. The number of carbonyl (C=O) groups excluding carboxylic acids is 1. The van der Waals surface area contributed by atoms with Gasteiger partial charge in [-0.2, -0.15) is 0 Å². The second kappa shape index (κ2) is 5.28. The summed E-state index contributed by atoms with van der Waals surface area (Å²) in [6.07, 6.45) is 1.02. The van der Waals surface area contributed by atoms with E-state index in [1.54, 1.807) is 0 Å². The Hall–Kier alpha value is -1.44. The fraction of sp³-hybridized carbons (Fsp3) is 0.273. The number of halogens is 1. The van der Waals surface area contributed by atoms with Gasteiger partial charge in [-0.1, -0.05) is 12.1 Å². The van der Waals surface area contributed by atoms with Crippen LogP contribution in [0.3, 0.4) is 0 Å². The average Bonchev–Trinajstić information content (AvgIpc) is 2.35. The lowest BCUT2D eigenvalue weighted by Crippen LogP contribution is -2.56. The zero-order valence-corrected chi connectivity index (χ0v) is 11.5. The first-order chi connectivity index (χ1) is 8.63. The van der Waals surface area contributed by atoms with E-state index in [2.05, 4.69) is 0 Å². The van der Waals surface area contributed by atoms with Gasteiger partial charge >= 0.3 is 5.97 Å². The van der Waals surface area contributed by atoms with Crippen LogP contribution in [0.25, 0.3) is 0 Å². The van der Waals surface area contributed by atoms with Gasteiger partial charge in [0.1, 0.15) is 0 Å². The highest BCUT2D eigenvalue weighted by molar-refractivity contribution is 7.90. The van der Waals surface area contributed by atoms with Gasteiger partial charge in [-0.15, -0.1) is 11.6 Å². The summed E-state index contributed by atoms with van der Waals surface area (Å²) in [5, 5.41) is 8.92. The van der Waals surface area contributed by atoms with E-state index >= 15 is 0 Å². The molecule has 1 atom stereocenters. The zero-order chi connectivity index (χ0) is 14.8. The molecule has 0 bridgehead atoms. The van der Waals surface area contributed by atoms with Crippen LogP contribution >= 0.6 is 11.6 Å². The van der Waals surface area contributed by atoms with Crippen LogP contribution in [0.5, 0.6) is 0 Å². The molecular weight excluding hydrogens is 294 g/mol. The van der Waals surface area contributed by atoms with Crippen molar-refractivity contribution in [2.24, 2.45) is 5.73 Å². The van der Waals surface area contributed by atoms with Gasteiger partial charge in [-0.3, -0.25) is 4.79 Å². The number of hydrogen-bond acceptors (Lipinski definition) is 5. The van der Waals surface area contributed by atoms with Crippen molar-refractivity contribution in [3.05, 3.63) is 29.8 Å². The molecule has 0 heterocycles. The molecule has 0 aromatic heterocycles. The molecule has 104 valence electrons. The lowest BCUT2D eigenvalue weighted by molar-refractivity contribution is -0.140. The first-order valence-corrected chi connectivity index (χ1v) is 7.48. The molecule has 0 aliphatic rings. The van der Waals surface area contributed by atoms with Crippen LogP contribution in [0.1, 0.15) is 10.4 Å². The monoisotopic (exact) mass is 305 g/mol. The third kappa shape index (κ3) is 3.12. The van der Waals surface area contributed by atoms with Crippen LogP contribution < -0.4 is 5.73 Å². The molecule has 0 saturated carbocycles. The second-order valence-electron chi connectivity index (χ2n) is 4.04. The standard InChI is InChI=1S/C11H12ClNO5S/c1-19(17,18)8-4-2-7(3-5-8)9(14)11(13,6-12)10(15)16/h2-5H,6,13H2,1H3,(H,15,16). The molecule has 1 unspecified atom stereocenters. The number of ketones is 1. The summed E-state index contributed by atoms with van der Waals surface area (Å²) in [4.78, 5) is 22.9. The summed E-state index contributed by atoms with van der Waals surface area (Å²) in [6.45, 7) is 0. The molecule has 0 saturated heterocycles. The van der Waals surface area contributed by atoms with Crippen molar-refractivity contribution < 1.29 is 23.1 Å². The van der Waals surface area contributed by atoms with Crippen LogP contribution in [0.4, 0.5) is 0 Å². The van der Waals surface area contributed by atoms with Gasteiger partial charge in [0.2, 0.25) is 0 Å². The molecule has 19 heavy (non-hydrogen) atoms. The maximum absolute atomic E-state index is 12.0. The molecule has 1 aromatic rings. The minimum Gasteiger partial charge on any atom is -0.479 e. The van der Waals surface area contributed by atoms with Crippen molar-refractivity contribution in [2.75, 3.05) is 12.1 Å². The van der Waals surface area contributed by atoms with Gasteiger partial charge in [-0.25, -0.2) is 13.2 Å². The Morgan fingerprint density at radius 2 is 1.79 bits per heavy atom. The van der Waals surface area contributed by atoms with E-state index in [0.717, 1.165) is 6.26 Å². The molecule has 1 rings (SSSR count). The third-order valence-corrected chi connectivity index (χ3v) is 4.09. The summed E-state index contributed by atoms with van der Waals surface area (Å²) < 4.78 is 22.5. The van der Waals surface area contributed by atoms with Gasteiger partial charge < -0.3 is 10.8 Å². The Bertz CT molecular complexity index is 610. The number of rotatable bonds is 5. The van der Waals surface area contributed by atoms with Crippen LogP contribution in [0, 0.1) is 0 Å². The number of hydrogen-bond donors (Lipinski definition) is 2. The Kier molecular flexibility index (Phi) is 4.34. The van der Waals surface area contributed by atoms with E-state index in [-0.39, 0.29) is 10.5 Å². The summed E-state index contributed by atoms with van der Waals surface area (Å²) in [5.41, 5.74) is 3.20. The fourth-order valence-corrected chi connectivity index (χ4v) is 2.19. The average molecular weight is 306 g/mol. The van der Waals surface area contributed by atoms with Crippen molar-refractivity contribution in [2.45, 2.75) is 10.4 Å². The number of carbonyl (C=O) groups is 2. The smallest absolute Gasteiger partial charge is 0.333 e. The highest BCUT2D eigenvalue weighted by Crippen LogP contribution is 2.16. The molecule has 6 nitrogen and oxygen atoms in total. The van der Waals surface area contributed by atoms with Crippen LogP contribution in [0.15, 0.2) is 29.2 Å². The largest absolute Gasteiger partial charge is 0.479 e. The summed E-state index contributed by atoms with van der Waals surface area (Å²) >= 11 is 5.43. The topological polar surface area (TPSA) is 115 Å². The second-order valence-corrected chi connectivity index (χ2v) is 6.32. The Labute approximate surface area is 115 Å². The number of sulfone groups is 1. The first-order valence-electron chi connectivity index (χ1n) is 5.06. The summed E-state index contributed by atoms with van der Waals surface area (Å²) in [6, 6.07) is 4.82. The highest BCUT2D eigenvalue weighted by atomic mass is 35.5. The van der Waals surface area contributed by atoms with Crippen molar-refractivity contribution >= 4 is 33.2 Å². The molecule has 0 amide bonds. The van der Waals surface area contributed by atoms with Gasteiger partial charge in [0.15, 0.2) is 21.2 Å². The minimum atomic E-state index is -3.39. The molecule has 0 radical (unpaired) electrons. The third-order valence-electron chi connectivity index (χ3n) is 2.54. The molecule has 0 aliphatic heterocycles. The number of benzene rings is 1. The zero-order valence-electron chi connectivity index (χ0n) is 9.96. The maximum atomic E-state index is 12.0. The number of Topliss-reactive ketones (excluding diaryl/α,β-unsaturated/α-hetero) is 1. The molecule has 0 fully saturated rings. The van der Waals surface area contributed by atoms with Gasteiger partial charge in [-0.05, 0) is 12.1 Å². The number of nitrogens with two attached hydrogens (primary N) is 1. The number of carboxylic acids is 1. The van der Waals surface area contributed by atoms with Gasteiger partial charge in [0.25, 0.3) is 0 Å². The van der Waals surface area contributed by atoms with E-state index < -0.39 is 33.0 Å². The van der Waals surface area contributed by atoms with Crippen molar-refractivity contribution in [3.8, 4) is 0 Å². The van der Waals surface area contributed by atoms with Crippen molar-refractivity contribution in [1.29, 1.82) is 0 Å². The molecule has 1 aromatic carbocycles. The van der Waals surface area contributed by atoms with Crippen LogP contribution in [0.2, 0.25) is 0 Å². The van der Waals surface area contributed by atoms with E-state index in [0.29, 0.717) is 0 Å². The Balaban J connectivity index is 3.19. The quantitative estimate of drug-likeness (QED) is 0.459. The number of aliphatic carboxylic acids is 1. The first kappa shape index (κ1) is 15.6. The van der Waals surface area contributed by atoms with Gasteiger partial charge in [0.05, 0.1) is 10.8 Å². The summed E-state index contributed by atoms with van der Waals surface area (Å²) in [7, 11) is -3.39. The fourth-order valence-electron chi connectivity index (χ4n) is 1.33. The predicted octanol–water partition coefficient (Wildman–Crippen LogP) is 0.294. The SMILES string of the molecule is CS(=O)(=O)c1ccc(C(=O)C(N)(CCl)C(=O)O)cc1. The Morgan fingerprint density at radius 1 is 1.32 bits per heavy atom. The molecule has 0 aliphatic carbocycles. The van der Waals surface area contributed by atoms with E-state index in [1.165, 1.54) is 24.3 Å². The lowest BCUT2D eigenvalue weighted by atomic mass is 9.92. The molecular formula is C11H12ClNO5S. The van der Waals surface area contributed by atoms with E-state index in [9.17, 15) is 18.0 Å². The number of carboxylic acid groups (broad SMARTS) is 1. The van der Waals surface area contributed by atoms with Crippen LogP contribution in [-0.2, 0) is 14.6 Å². The minimum absolute atomic E-state index is 0.0158. The highest BCUT2D eigenvalue weighted by Gasteiger charge is 2.41. The van der Waals surface area contributed by atoms with E-state index in [4.69, 9.17) is 22.4 Å².